The van der Waals surface area contributed by atoms with E-state index in [1.807, 2.05) is 25.1 Å². The lowest BCUT2D eigenvalue weighted by Gasteiger charge is -2.16. The normalized spacial score (nSPS) is 10.8. The third kappa shape index (κ3) is 3.36. The maximum absolute atomic E-state index is 13.1. The van der Waals surface area contributed by atoms with Crippen LogP contribution in [0.1, 0.15) is 5.56 Å². The third-order valence-corrected chi connectivity index (χ3v) is 4.62. The van der Waals surface area contributed by atoms with Gasteiger partial charge in [0.15, 0.2) is 5.16 Å². The molecule has 2 aromatic carbocycles. The standard InChI is InChI=1S/C18H17N3O3S/c1-11-7-8-15(24-2)14(9-11)21-17(23)12-5-3-4-6-13(12)20-18(21)25-10-16(19)22/h3-9H,10H2,1-2H3,(H2,19,22). The number of rotatable bonds is 5. The van der Waals surface area contributed by atoms with Crippen molar-refractivity contribution in [3.05, 3.63) is 58.4 Å². The summed E-state index contributed by atoms with van der Waals surface area (Å²) in [7, 11) is 1.55. The number of amides is 1. The Hall–Kier alpha value is -2.80. The summed E-state index contributed by atoms with van der Waals surface area (Å²) in [6.45, 7) is 1.93. The molecule has 0 atom stereocenters. The first-order valence-corrected chi connectivity index (χ1v) is 8.57. The highest BCUT2D eigenvalue weighted by molar-refractivity contribution is 7.99. The maximum atomic E-state index is 13.1. The molecule has 0 fully saturated rings. The van der Waals surface area contributed by atoms with Crippen molar-refractivity contribution in [1.82, 2.24) is 9.55 Å². The number of hydrogen-bond acceptors (Lipinski definition) is 5. The summed E-state index contributed by atoms with van der Waals surface area (Å²) in [6.07, 6.45) is 0. The lowest BCUT2D eigenvalue weighted by atomic mass is 10.2. The second-order valence-electron chi connectivity index (χ2n) is 5.48. The largest absolute Gasteiger partial charge is 0.495 e. The van der Waals surface area contributed by atoms with Crippen LogP contribution in [0.15, 0.2) is 52.4 Å². The topological polar surface area (TPSA) is 87.2 Å². The smallest absolute Gasteiger partial charge is 0.266 e. The minimum absolute atomic E-state index is 0.0267. The zero-order chi connectivity index (χ0) is 18.0. The van der Waals surface area contributed by atoms with Crippen LogP contribution in [0.5, 0.6) is 5.75 Å². The Morgan fingerprint density at radius 1 is 1.28 bits per heavy atom. The number of aromatic nitrogens is 2. The molecule has 3 rings (SSSR count). The number of methoxy groups -OCH3 is 1. The summed E-state index contributed by atoms with van der Waals surface area (Å²) in [4.78, 5) is 28.9. The van der Waals surface area contributed by atoms with E-state index in [1.165, 1.54) is 4.57 Å². The number of nitrogens with two attached hydrogens (primary N) is 1. The SMILES string of the molecule is COc1ccc(C)cc1-n1c(SCC(N)=O)nc2ccccc2c1=O. The van der Waals surface area contributed by atoms with Crippen LogP contribution in [0, 0.1) is 6.92 Å². The zero-order valence-corrected chi connectivity index (χ0v) is 14.7. The van der Waals surface area contributed by atoms with Crippen LogP contribution >= 0.6 is 11.8 Å². The average molecular weight is 355 g/mol. The molecule has 25 heavy (non-hydrogen) atoms. The van der Waals surface area contributed by atoms with Gasteiger partial charge >= 0.3 is 0 Å². The van der Waals surface area contributed by atoms with Crippen LogP contribution in [-0.2, 0) is 4.79 Å². The lowest BCUT2D eigenvalue weighted by Crippen LogP contribution is -2.23. The van der Waals surface area contributed by atoms with Crippen LogP contribution in [-0.4, -0.2) is 28.3 Å². The van der Waals surface area contributed by atoms with Crippen LogP contribution in [0.3, 0.4) is 0 Å². The number of hydrogen-bond donors (Lipinski definition) is 1. The summed E-state index contributed by atoms with van der Waals surface area (Å²) in [6, 6.07) is 12.7. The molecule has 1 heterocycles. The Morgan fingerprint density at radius 3 is 2.76 bits per heavy atom. The van der Waals surface area contributed by atoms with Crippen molar-refractivity contribution < 1.29 is 9.53 Å². The van der Waals surface area contributed by atoms with E-state index in [0.29, 0.717) is 27.5 Å². The Kier molecular flexibility index (Phi) is 4.76. The number of thioether (sulfide) groups is 1. The highest BCUT2D eigenvalue weighted by Crippen LogP contribution is 2.28. The van der Waals surface area contributed by atoms with Crippen LogP contribution in [0.2, 0.25) is 0 Å². The zero-order valence-electron chi connectivity index (χ0n) is 13.9. The van der Waals surface area contributed by atoms with Gasteiger partial charge in [-0.1, -0.05) is 30.0 Å². The van der Waals surface area contributed by atoms with Gasteiger partial charge in [-0.05, 0) is 36.8 Å². The highest BCUT2D eigenvalue weighted by Gasteiger charge is 2.17. The summed E-state index contributed by atoms with van der Waals surface area (Å²) < 4.78 is 6.89. The molecular formula is C18H17N3O3S. The molecule has 6 nitrogen and oxygen atoms in total. The fourth-order valence-electron chi connectivity index (χ4n) is 2.53. The van der Waals surface area contributed by atoms with Gasteiger partial charge < -0.3 is 10.5 Å². The first kappa shape index (κ1) is 17.0. The van der Waals surface area contributed by atoms with E-state index in [4.69, 9.17) is 10.5 Å². The third-order valence-electron chi connectivity index (χ3n) is 3.66. The minimum atomic E-state index is -0.477. The van der Waals surface area contributed by atoms with E-state index >= 15 is 0 Å². The predicted octanol–water partition coefficient (Wildman–Crippen LogP) is 2.28. The van der Waals surface area contributed by atoms with Crippen molar-refractivity contribution in [3.63, 3.8) is 0 Å². The first-order chi connectivity index (χ1) is 12.0. The molecule has 0 spiro atoms. The van der Waals surface area contributed by atoms with E-state index in [2.05, 4.69) is 4.98 Å². The molecule has 0 aliphatic carbocycles. The molecule has 0 aliphatic rings. The van der Waals surface area contributed by atoms with Gasteiger partial charge in [-0.2, -0.15) is 0 Å². The van der Waals surface area contributed by atoms with Crippen LogP contribution in [0.25, 0.3) is 16.6 Å². The number of nitrogens with zero attached hydrogens (tertiary/aromatic N) is 2. The van der Waals surface area contributed by atoms with E-state index in [0.717, 1.165) is 17.3 Å². The molecule has 0 saturated carbocycles. The van der Waals surface area contributed by atoms with Gasteiger partial charge in [0, 0.05) is 0 Å². The number of carbonyl (C=O) groups excluding carboxylic acids is 1. The fourth-order valence-corrected chi connectivity index (χ4v) is 3.28. The molecule has 0 radical (unpaired) electrons. The van der Waals surface area contributed by atoms with Gasteiger partial charge in [0.05, 0.1) is 29.5 Å². The van der Waals surface area contributed by atoms with Crippen molar-refractivity contribution >= 4 is 28.6 Å². The number of aryl methyl sites for hydroxylation is 1. The number of ether oxygens (including phenoxy) is 1. The first-order valence-electron chi connectivity index (χ1n) is 7.59. The molecule has 1 amide bonds. The highest BCUT2D eigenvalue weighted by atomic mass is 32.2. The monoisotopic (exact) mass is 355 g/mol. The van der Waals surface area contributed by atoms with Gasteiger partial charge in [-0.3, -0.25) is 14.2 Å². The second-order valence-corrected chi connectivity index (χ2v) is 6.42. The number of carbonyl (C=O) groups is 1. The molecule has 2 N–H and O–H groups in total. The predicted molar refractivity (Wildman–Crippen MR) is 98.5 cm³/mol. The quantitative estimate of drug-likeness (QED) is 0.560. The molecule has 0 aliphatic heterocycles. The number of para-hydroxylation sites is 1. The average Bonchev–Trinajstić information content (AvgIpc) is 2.60. The summed E-state index contributed by atoms with van der Waals surface area (Å²) >= 11 is 1.13. The molecule has 3 aromatic rings. The molecular weight excluding hydrogens is 338 g/mol. The van der Waals surface area contributed by atoms with Crippen molar-refractivity contribution in [3.8, 4) is 11.4 Å². The van der Waals surface area contributed by atoms with Crippen molar-refractivity contribution in [2.45, 2.75) is 12.1 Å². The molecule has 1 aromatic heterocycles. The molecule has 0 saturated heterocycles. The molecule has 128 valence electrons. The lowest BCUT2D eigenvalue weighted by molar-refractivity contribution is -0.115. The van der Waals surface area contributed by atoms with E-state index < -0.39 is 5.91 Å². The second kappa shape index (κ2) is 6.98. The Labute approximate surface area is 148 Å². The Balaban J connectivity index is 2.33. The van der Waals surface area contributed by atoms with Crippen molar-refractivity contribution in [1.29, 1.82) is 0 Å². The summed E-state index contributed by atoms with van der Waals surface area (Å²) in [5.74, 6) is 0.0969. The van der Waals surface area contributed by atoms with Gasteiger partial charge in [0.1, 0.15) is 5.75 Å². The van der Waals surface area contributed by atoms with Gasteiger partial charge in [0.2, 0.25) is 5.91 Å². The Morgan fingerprint density at radius 2 is 2.04 bits per heavy atom. The van der Waals surface area contributed by atoms with Crippen molar-refractivity contribution in [2.24, 2.45) is 5.73 Å². The number of fused-ring (bicyclic) bond motifs is 1. The maximum Gasteiger partial charge on any atom is 0.266 e. The minimum Gasteiger partial charge on any atom is -0.495 e. The molecule has 7 heteroatoms. The van der Waals surface area contributed by atoms with Gasteiger partial charge in [0.25, 0.3) is 5.56 Å². The summed E-state index contributed by atoms with van der Waals surface area (Å²) in [5.41, 5.74) is 7.17. The van der Waals surface area contributed by atoms with Gasteiger partial charge in [-0.25, -0.2) is 4.98 Å². The van der Waals surface area contributed by atoms with Crippen LogP contribution < -0.4 is 16.0 Å². The van der Waals surface area contributed by atoms with Gasteiger partial charge in [-0.15, -0.1) is 0 Å². The number of benzene rings is 2. The molecule has 0 unspecified atom stereocenters. The van der Waals surface area contributed by atoms with E-state index in [1.54, 1.807) is 31.4 Å². The number of primary amides is 1. The van der Waals surface area contributed by atoms with E-state index in [-0.39, 0.29) is 11.3 Å². The Bertz CT molecular complexity index is 1010. The molecule has 0 bridgehead atoms. The fraction of sp³-hybridized carbons (Fsp3) is 0.167. The van der Waals surface area contributed by atoms with E-state index in [9.17, 15) is 9.59 Å². The summed E-state index contributed by atoms with van der Waals surface area (Å²) in [5, 5.41) is 0.890. The van der Waals surface area contributed by atoms with Crippen LogP contribution in [0.4, 0.5) is 0 Å². The van der Waals surface area contributed by atoms with Crippen molar-refractivity contribution in [2.75, 3.05) is 12.9 Å².